The lowest BCUT2D eigenvalue weighted by atomic mass is 9.79. The normalized spacial score (nSPS) is 20.7. The van der Waals surface area contributed by atoms with Crippen molar-refractivity contribution in [2.45, 2.75) is 30.2 Å². The lowest BCUT2D eigenvalue weighted by Gasteiger charge is -2.39. The van der Waals surface area contributed by atoms with Crippen LogP contribution in [0.15, 0.2) is 71.6 Å². The first kappa shape index (κ1) is 24.5. The highest BCUT2D eigenvalue weighted by Gasteiger charge is 2.42. The summed E-state index contributed by atoms with van der Waals surface area (Å²) in [6.45, 7) is 0.501. The van der Waals surface area contributed by atoms with Crippen LogP contribution in [0.4, 0.5) is 11.4 Å². The number of nitrogens with zero attached hydrogens (tertiary/aromatic N) is 2. The Balaban J connectivity index is 1.72. The minimum atomic E-state index is -4.49. The molecular formula is C25H26ClN2O5PS. The Morgan fingerprint density at radius 1 is 1.00 bits per heavy atom. The Morgan fingerprint density at radius 3 is 2.34 bits per heavy atom. The van der Waals surface area contributed by atoms with Crippen molar-refractivity contribution in [1.82, 2.24) is 4.31 Å². The summed E-state index contributed by atoms with van der Waals surface area (Å²) >= 11 is 6.71. The number of hydrogen-bond donors (Lipinski definition) is 2. The van der Waals surface area contributed by atoms with Gasteiger partial charge in [-0.15, -0.1) is 0 Å². The summed E-state index contributed by atoms with van der Waals surface area (Å²) in [7, 11) is -6.73. The molecule has 10 heteroatoms. The van der Waals surface area contributed by atoms with Crippen LogP contribution in [0.3, 0.4) is 0 Å². The Kier molecular flexibility index (Phi) is 6.33. The maximum Gasteiger partial charge on any atom is 0.356 e. The molecule has 7 nitrogen and oxygen atoms in total. The maximum atomic E-state index is 13.9. The number of sulfonamides is 1. The van der Waals surface area contributed by atoms with Crippen LogP contribution < -0.4 is 10.2 Å². The fraction of sp³-hybridized carbons (Fsp3) is 0.280. The van der Waals surface area contributed by atoms with Crippen molar-refractivity contribution < 1.29 is 22.8 Å². The van der Waals surface area contributed by atoms with E-state index in [-0.39, 0.29) is 22.2 Å². The second kappa shape index (κ2) is 9.04. The van der Waals surface area contributed by atoms with Gasteiger partial charge >= 0.3 is 7.60 Å². The van der Waals surface area contributed by atoms with Gasteiger partial charge in [0.05, 0.1) is 16.0 Å². The van der Waals surface area contributed by atoms with Crippen molar-refractivity contribution in [2.75, 3.05) is 18.5 Å². The molecule has 0 spiro atoms. The summed E-state index contributed by atoms with van der Waals surface area (Å²) in [5.74, 6) is 0.283. The highest BCUT2D eigenvalue weighted by Crippen LogP contribution is 2.45. The lowest BCUT2D eigenvalue weighted by Crippen LogP contribution is -2.47. The van der Waals surface area contributed by atoms with Gasteiger partial charge in [0.1, 0.15) is 4.90 Å². The maximum absolute atomic E-state index is 13.9. The third kappa shape index (κ3) is 4.44. The van der Waals surface area contributed by atoms with E-state index >= 15 is 0 Å². The number of halogens is 1. The van der Waals surface area contributed by atoms with E-state index in [0.29, 0.717) is 28.4 Å². The van der Waals surface area contributed by atoms with E-state index in [2.05, 4.69) is 0 Å². The number of rotatable bonds is 4. The van der Waals surface area contributed by atoms with Gasteiger partial charge in [-0.25, -0.2) is 8.42 Å². The molecule has 1 atom stereocenters. The number of fused-ring (bicyclic) bond motifs is 1. The molecule has 1 aliphatic carbocycles. The molecule has 2 N–H and O–H groups in total. The molecule has 1 saturated carbocycles. The van der Waals surface area contributed by atoms with Crippen molar-refractivity contribution in [3.63, 3.8) is 0 Å². The molecule has 184 valence electrons. The van der Waals surface area contributed by atoms with Crippen LogP contribution in [0.5, 0.6) is 0 Å². The largest absolute Gasteiger partial charge is 0.356 e. The quantitative estimate of drug-likeness (QED) is 0.471. The summed E-state index contributed by atoms with van der Waals surface area (Å²) in [5, 5.41) is 0.143. The Labute approximate surface area is 210 Å². The summed E-state index contributed by atoms with van der Waals surface area (Å²) < 4.78 is 41.1. The lowest BCUT2D eigenvalue weighted by molar-refractivity contribution is 0.185. The molecule has 0 unspecified atom stereocenters. The van der Waals surface area contributed by atoms with Gasteiger partial charge in [-0.3, -0.25) is 4.57 Å². The van der Waals surface area contributed by atoms with Gasteiger partial charge in [0, 0.05) is 30.9 Å². The van der Waals surface area contributed by atoms with Gasteiger partial charge in [0.25, 0.3) is 0 Å². The molecule has 1 fully saturated rings. The second-order valence-corrected chi connectivity index (χ2v) is 13.1. The minimum Gasteiger partial charge on any atom is -0.339 e. The van der Waals surface area contributed by atoms with Crippen LogP contribution in [-0.2, 0) is 14.6 Å². The number of anilines is 2. The monoisotopic (exact) mass is 532 g/mol. The summed E-state index contributed by atoms with van der Waals surface area (Å²) in [4.78, 5) is 21.4. The van der Waals surface area contributed by atoms with E-state index in [0.717, 1.165) is 24.9 Å². The van der Waals surface area contributed by atoms with Crippen LogP contribution in [-0.4, -0.2) is 42.1 Å². The molecule has 0 aromatic heterocycles. The van der Waals surface area contributed by atoms with Gasteiger partial charge < -0.3 is 14.7 Å². The van der Waals surface area contributed by atoms with Gasteiger partial charge in [-0.05, 0) is 60.7 Å². The van der Waals surface area contributed by atoms with Crippen LogP contribution >= 0.6 is 19.2 Å². The molecular weight excluding hydrogens is 507 g/mol. The van der Waals surface area contributed by atoms with Crippen LogP contribution in [0, 0.1) is 5.92 Å². The third-order valence-corrected chi connectivity index (χ3v) is 10.3. The highest BCUT2D eigenvalue weighted by molar-refractivity contribution is 7.89. The zero-order valence-corrected chi connectivity index (χ0v) is 21.5. The average Bonchev–Trinajstić information content (AvgIpc) is 2.86. The minimum absolute atomic E-state index is 0.117. The summed E-state index contributed by atoms with van der Waals surface area (Å²) in [5.41, 5.74) is 2.19. The fourth-order valence-corrected chi connectivity index (χ4v) is 7.35. The van der Waals surface area contributed by atoms with Crippen molar-refractivity contribution >= 4 is 45.9 Å². The van der Waals surface area contributed by atoms with E-state index in [1.165, 1.54) is 28.6 Å². The van der Waals surface area contributed by atoms with E-state index in [9.17, 15) is 22.8 Å². The molecule has 5 rings (SSSR count). The van der Waals surface area contributed by atoms with Gasteiger partial charge in [-0.1, -0.05) is 48.4 Å². The van der Waals surface area contributed by atoms with Crippen molar-refractivity contribution in [1.29, 1.82) is 0 Å². The first-order valence-corrected chi connectivity index (χ1v) is 14.8. The fourth-order valence-electron chi connectivity index (χ4n) is 4.89. The number of para-hydroxylation sites is 1. The zero-order chi connectivity index (χ0) is 25.0. The summed E-state index contributed by atoms with van der Waals surface area (Å²) in [6, 6.07) is 18.5. The summed E-state index contributed by atoms with van der Waals surface area (Å²) in [6.07, 6.45) is 3.08. The number of benzene rings is 3. The molecule has 0 saturated heterocycles. The molecule has 2 aliphatic rings. The van der Waals surface area contributed by atoms with E-state index in [1.807, 2.05) is 35.2 Å². The van der Waals surface area contributed by atoms with Crippen LogP contribution in [0.2, 0.25) is 5.02 Å². The average molecular weight is 533 g/mol. The van der Waals surface area contributed by atoms with Crippen molar-refractivity contribution in [2.24, 2.45) is 5.92 Å². The standard InChI is InChI=1S/C25H26ClN2O5PS/c1-27-24(17-7-5-8-17)16-28(19-10-3-2-4-11-19)23-15-22(26)21(14-25(23)35(27,32)33)18-9-6-12-20(13-18)34(29,30)31/h2-4,6,9-15,17,24H,5,7-8,16H2,1H3,(H2,29,30,31)/t24-/m0/s1. The zero-order valence-electron chi connectivity index (χ0n) is 19.1. The number of likely N-dealkylation sites (N-methyl/N-ethyl adjacent to an activating group) is 1. The predicted octanol–water partition coefficient (Wildman–Crippen LogP) is 4.75. The van der Waals surface area contributed by atoms with E-state index in [1.54, 1.807) is 19.2 Å². The van der Waals surface area contributed by atoms with Gasteiger partial charge in [0.2, 0.25) is 10.0 Å². The van der Waals surface area contributed by atoms with Crippen LogP contribution in [0.25, 0.3) is 11.1 Å². The molecule has 35 heavy (non-hydrogen) atoms. The Morgan fingerprint density at radius 2 is 1.71 bits per heavy atom. The molecule has 0 bridgehead atoms. The topological polar surface area (TPSA) is 98.2 Å². The van der Waals surface area contributed by atoms with Crippen molar-refractivity contribution in [3.05, 3.63) is 71.8 Å². The predicted molar refractivity (Wildman–Crippen MR) is 138 cm³/mol. The molecule has 3 aromatic carbocycles. The molecule has 1 heterocycles. The smallest absolute Gasteiger partial charge is 0.339 e. The Hall–Kier alpha value is -2.19. The van der Waals surface area contributed by atoms with Crippen molar-refractivity contribution in [3.8, 4) is 11.1 Å². The van der Waals surface area contributed by atoms with E-state index in [4.69, 9.17) is 11.6 Å². The molecule has 1 aliphatic heterocycles. The van der Waals surface area contributed by atoms with Gasteiger partial charge in [0.15, 0.2) is 0 Å². The SMILES string of the molecule is CN1[C@H](C2CCC2)CN(c2ccccc2)c2cc(Cl)c(-c3cccc(P(=O)(O)O)c3)cc2S1(=O)=O. The molecule has 0 radical (unpaired) electrons. The Bertz CT molecular complexity index is 1420. The number of hydrogen-bond acceptors (Lipinski definition) is 4. The third-order valence-electron chi connectivity index (χ3n) is 7.09. The van der Waals surface area contributed by atoms with E-state index < -0.39 is 17.6 Å². The van der Waals surface area contributed by atoms with Gasteiger partial charge in [-0.2, -0.15) is 4.31 Å². The molecule has 0 amide bonds. The second-order valence-electron chi connectivity index (χ2n) is 9.12. The first-order chi connectivity index (χ1) is 16.6. The van der Waals surface area contributed by atoms with Crippen LogP contribution in [0.1, 0.15) is 19.3 Å². The first-order valence-electron chi connectivity index (χ1n) is 11.4. The highest BCUT2D eigenvalue weighted by atomic mass is 35.5. The molecule has 3 aromatic rings.